The average Bonchev–Trinajstić information content (AvgIpc) is 2.70. The van der Waals surface area contributed by atoms with E-state index in [1.54, 1.807) is 0 Å². The number of anilines is 1. The molecule has 1 fully saturated rings. The van der Waals surface area contributed by atoms with E-state index in [1.165, 1.54) is 37.7 Å². The van der Waals surface area contributed by atoms with Crippen LogP contribution in [0, 0.1) is 0 Å². The molecule has 1 aromatic heterocycles. The Kier molecular flexibility index (Phi) is 5.64. The van der Waals surface area contributed by atoms with Crippen molar-refractivity contribution in [3.8, 4) is 0 Å². The topological polar surface area (TPSA) is 28.2 Å². The number of hydrogen-bond donors (Lipinski definition) is 1. The Morgan fingerprint density at radius 2 is 2.16 bits per heavy atom. The molecule has 2 rings (SSSR count). The lowest BCUT2D eigenvalue weighted by atomic mass is 10.1. The lowest BCUT2D eigenvalue weighted by Crippen LogP contribution is -2.35. The van der Waals surface area contributed by atoms with Gasteiger partial charge in [-0.25, -0.2) is 4.98 Å². The molecule has 1 aromatic rings. The van der Waals surface area contributed by atoms with Crippen LogP contribution < -0.4 is 10.2 Å². The summed E-state index contributed by atoms with van der Waals surface area (Å²) in [5, 5.41) is 3.34. The lowest BCUT2D eigenvalue weighted by Gasteiger charge is -2.30. The van der Waals surface area contributed by atoms with Crippen LogP contribution in [0.5, 0.6) is 0 Å². The summed E-state index contributed by atoms with van der Waals surface area (Å²) >= 11 is 0. The first-order valence-corrected chi connectivity index (χ1v) is 7.77. The van der Waals surface area contributed by atoms with Gasteiger partial charge in [-0.05, 0) is 37.4 Å². The minimum atomic E-state index is 0.676. The number of pyridine rings is 1. The largest absolute Gasteiger partial charge is 0.354 e. The van der Waals surface area contributed by atoms with Crippen molar-refractivity contribution in [3.63, 3.8) is 0 Å². The highest BCUT2D eigenvalue weighted by molar-refractivity contribution is 5.40. The van der Waals surface area contributed by atoms with Crippen molar-refractivity contribution >= 4 is 5.82 Å². The van der Waals surface area contributed by atoms with Crippen molar-refractivity contribution in [1.82, 2.24) is 10.3 Å². The highest BCUT2D eigenvalue weighted by atomic mass is 15.2. The maximum Gasteiger partial charge on any atom is 0.128 e. The summed E-state index contributed by atoms with van der Waals surface area (Å²) in [7, 11) is 0. The number of aromatic nitrogens is 1. The van der Waals surface area contributed by atoms with Crippen LogP contribution in [0.3, 0.4) is 0 Å². The molecule has 0 bridgehead atoms. The molecule has 0 amide bonds. The van der Waals surface area contributed by atoms with Gasteiger partial charge in [0.05, 0.1) is 0 Å². The normalized spacial score (nSPS) is 20.3. The first-order chi connectivity index (χ1) is 9.35. The van der Waals surface area contributed by atoms with Gasteiger partial charge in [0.1, 0.15) is 5.82 Å². The van der Waals surface area contributed by atoms with Gasteiger partial charge >= 0.3 is 0 Å². The second-order valence-corrected chi connectivity index (χ2v) is 5.41. The fourth-order valence-electron chi connectivity index (χ4n) is 2.86. The molecule has 1 N–H and O–H groups in total. The van der Waals surface area contributed by atoms with Crippen LogP contribution in [0.2, 0.25) is 0 Å². The predicted octanol–water partition coefficient (Wildman–Crippen LogP) is 3.35. The minimum absolute atomic E-state index is 0.676. The molecule has 1 atom stereocenters. The van der Waals surface area contributed by atoms with E-state index >= 15 is 0 Å². The monoisotopic (exact) mass is 261 g/mol. The molecular weight excluding hydrogens is 234 g/mol. The van der Waals surface area contributed by atoms with Crippen LogP contribution in [0.15, 0.2) is 18.3 Å². The van der Waals surface area contributed by atoms with Crippen molar-refractivity contribution in [2.24, 2.45) is 0 Å². The molecular formula is C16H27N3. The van der Waals surface area contributed by atoms with Crippen LogP contribution in [0.25, 0.3) is 0 Å². The smallest absolute Gasteiger partial charge is 0.128 e. The molecule has 1 saturated heterocycles. The number of hydrogen-bond acceptors (Lipinski definition) is 3. The number of rotatable bonds is 5. The van der Waals surface area contributed by atoms with Gasteiger partial charge in [-0.15, -0.1) is 0 Å². The van der Waals surface area contributed by atoms with Gasteiger partial charge in [0.2, 0.25) is 0 Å². The van der Waals surface area contributed by atoms with E-state index in [9.17, 15) is 0 Å². The first kappa shape index (κ1) is 14.3. The Morgan fingerprint density at radius 1 is 1.26 bits per heavy atom. The molecule has 0 aromatic carbocycles. The minimum Gasteiger partial charge on any atom is -0.354 e. The average molecular weight is 261 g/mol. The maximum atomic E-state index is 4.68. The van der Waals surface area contributed by atoms with Gasteiger partial charge in [0.25, 0.3) is 0 Å². The van der Waals surface area contributed by atoms with E-state index in [0.29, 0.717) is 6.04 Å². The van der Waals surface area contributed by atoms with E-state index < -0.39 is 0 Å². The first-order valence-electron chi connectivity index (χ1n) is 7.77. The Balaban J connectivity index is 2.06. The van der Waals surface area contributed by atoms with Crippen LogP contribution >= 0.6 is 0 Å². The highest BCUT2D eigenvalue weighted by Crippen LogP contribution is 2.24. The van der Waals surface area contributed by atoms with Crippen LogP contribution in [0.4, 0.5) is 5.82 Å². The summed E-state index contributed by atoms with van der Waals surface area (Å²) in [5.41, 5.74) is 1.27. The SMILES string of the molecule is CCNCc1ccc(N2CCCCCC2CC)nc1. The van der Waals surface area contributed by atoms with Gasteiger partial charge in [-0.2, -0.15) is 0 Å². The quantitative estimate of drug-likeness (QED) is 0.881. The summed E-state index contributed by atoms with van der Waals surface area (Å²) < 4.78 is 0. The zero-order valence-electron chi connectivity index (χ0n) is 12.4. The third kappa shape index (κ3) is 3.93. The predicted molar refractivity (Wildman–Crippen MR) is 81.5 cm³/mol. The molecule has 0 radical (unpaired) electrons. The van der Waals surface area contributed by atoms with E-state index in [1.807, 2.05) is 6.20 Å². The summed E-state index contributed by atoms with van der Waals surface area (Å²) in [4.78, 5) is 7.20. The second kappa shape index (κ2) is 7.49. The third-order valence-corrected chi connectivity index (χ3v) is 4.03. The lowest BCUT2D eigenvalue weighted by molar-refractivity contribution is 0.552. The molecule has 2 heterocycles. The number of nitrogens with one attached hydrogen (secondary N) is 1. The molecule has 0 aliphatic carbocycles. The molecule has 106 valence electrons. The van der Waals surface area contributed by atoms with Crippen molar-refractivity contribution in [2.45, 2.75) is 58.5 Å². The number of nitrogens with zero attached hydrogens (tertiary/aromatic N) is 2. The fraction of sp³-hybridized carbons (Fsp3) is 0.688. The Bertz CT molecular complexity index is 361. The molecule has 1 aliphatic heterocycles. The molecule has 3 nitrogen and oxygen atoms in total. The zero-order chi connectivity index (χ0) is 13.5. The molecule has 3 heteroatoms. The van der Waals surface area contributed by atoms with Crippen molar-refractivity contribution in [1.29, 1.82) is 0 Å². The van der Waals surface area contributed by atoms with Crippen molar-refractivity contribution in [2.75, 3.05) is 18.0 Å². The van der Waals surface area contributed by atoms with Crippen molar-refractivity contribution < 1.29 is 0 Å². The Morgan fingerprint density at radius 3 is 2.84 bits per heavy atom. The van der Waals surface area contributed by atoms with E-state index in [-0.39, 0.29) is 0 Å². The van der Waals surface area contributed by atoms with Gasteiger partial charge in [-0.3, -0.25) is 0 Å². The summed E-state index contributed by atoms with van der Waals surface area (Å²) in [5.74, 6) is 1.16. The van der Waals surface area contributed by atoms with Gasteiger partial charge in [0.15, 0.2) is 0 Å². The maximum absolute atomic E-state index is 4.68. The van der Waals surface area contributed by atoms with E-state index in [0.717, 1.165) is 25.5 Å². The Labute approximate surface area is 117 Å². The summed E-state index contributed by atoms with van der Waals surface area (Å²) in [6.07, 6.45) is 8.60. The van der Waals surface area contributed by atoms with Crippen molar-refractivity contribution in [3.05, 3.63) is 23.9 Å². The van der Waals surface area contributed by atoms with Gasteiger partial charge in [0, 0.05) is 25.3 Å². The fourth-order valence-corrected chi connectivity index (χ4v) is 2.86. The Hall–Kier alpha value is -1.09. The van der Waals surface area contributed by atoms with Crippen LogP contribution in [-0.2, 0) is 6.54 Å². The van der Waals surface area contributed by atoms with Gasteiger partial charge < -0.3 is 10.2 Å². The summed E-state index contributed by atoms with van der Waals surface area (Å²) in [6, 6.07) is 5.08. The molecule has 0 spiro atoms. The summed E-state index contributed by atoms with van der Waals surface area (Å²) in [6.45, 7) is 7.51. The molecule has 1 aliphatic rings. The zero-order valence-corrected chi connectivity index (χ0v) is 12.4. The van der Waals surface area contributed by atoms with Gasteiger partial charge in [-0.1, -0.05) is 32.8 Å². The third-order valence-electron chi connectivity index (χ3n) is 4.03. The van der Waals surface area contributed by atoms with E-state index in [4.69, 9.17) is 0 Å². The second-order valence-electron chi connectivity index (χ2n) is 5.41. The molecule has 1 unspecified atom stereocenters. The van der Waals surface area contributed by atoms with Crippen LogP contribution in [0.1, 0.15) is 51.5 Å². The molecule has 19 heavy (non-hydrogen) atoms. The standard InChI is InChI=1S/C16H27N3/c1-3-15-8-6-5-7-11-19(15)16-10-9-14(13-18-16)12-17-4-2/h9-10,13,15,17H,3-8,11-12H2,1-2H3. The van der Waals surface area contributed by atoms with E-state index in [2.05, 4.69) is 41.2 Å². The highest BCUT2D eigenvalue weighted by Gasteiger charge is 2.20. The van der Waals surface area contributed by atoms with Crippen LogP contribution in [-0.4, -0.2) is 24.1 Å². The molecule has 0 saturated carbocycles.